The van der Waals surface area contributed by atoms with Crippen molar-refractivity contribution in [2.24, 2.45) is 0 Å². The van der Waals surface area contributed by atoms with Crippen LogP contribution in [-0.4, -0.2) is 36.7 Å². The number of nitrogens with one attached hydrogen (secondary N) is 2. The lowest BCUT2D eigenvalue weighted by Gasteiger charge is -2.10. The summed E-state index contributed by atoms with van der Waals surface area (Å²) >= 11 is 0. The molecule has 0 bridgehead atoms. The smallest absolute Gasteiger partial charge is 0.339 e. The molecule has 7 heteroatoms. The molecule has 7 nitrogen and oxygen atoms in total. The third-order valence-electron chi connectivity index (χ3n) is 4.79. The van der Waals surface area contributed by atoms with Gasteiger partial charge in [-0.05, 0) is 38.1 Å². The van der Waals surface area contributed by atoms with Crippen LogP contribution >= 0.6 is 0 Å². The molecule has 0 heterocycles. The number of ether oxygens (including phenoxy) is 1. The highest BCUT2D eigenvalue weighted by Crippen LogP contribution is 2.17. The fourth-order valence-electron chi connectivity index (χ4n) is 3.13. The zero-order valence-electron chi connectivity index (χ0n) is 18.4. The maximum Gasteiger partial charge on any atom is 0.339 e. The molecule has 0 aliphatic heterocycles. The second kappa shape index (κ2) is 10.9. The van der Waals surface area contributed by atoms with Crippen molar-refractivity contribution < 1.29 is 23.9 Å². The van der Waals surface area contributed by atoms with Gasteiger partial charge in [0, 0.05) is 28.9 Å². The summed E-state index contributed by atoms with van der Waals surface area (Å²) in [6, 6.07) is 19.8. The van der Waals surface area contributed by atoms with E-state index in [9.17, 15) is 19.2 Å². The molecule has 0 aliphatic rings. The van der Waals surface area contributed by atoms with Gasteiger partial charge in [0.2, 0.25) is 0 Å². The number of carbonyl (C=O) groups is 4. The van der Waals surface area contributed by atoms with Crippen LogP contribution in [-0.2, 0) is 9.53 Å². The van der Waals surface area contributed by atoms with E-state index in [0.717, 1.165) is 5.56 Å². The number of anilines is 1. The lowest BCUT2D eigenvalue weighted by molar-refractivity contribution is -0.119. The first-order chi connectivity index (χ1) is 15.9. The average Bonchev–Trinajstić information content (AvgIpc) is 2.83. The molecule has 0 aromatic heterocycles. The molecule has 0 saturated heterocycles. The Balaban J connectivity index is 1.65. The van der Waals surface area contributed by atoms with Crippen molar-refractivity contribution in [1.29, 1.82) is 0 Å². The van der Waals surface area contributed by atoms with Gasteiger partial charge in [-0.1, -0.05) is 54.1 Å². The summed E-state index contributed by atoms with van der Waals surface area (Å²) in [6.45, 7) is 3.67. The van der Waals surface area contributed by atoms with Gasteiger partial charge in [0.1, 0.15) is 0 Å². The Bertz CT molecular complexity index is 1190. The second-order valence-corrected chi connectivity index (χ2v) is 7.31. The average molecular weight is 444 g/mol. The molecule has 0 radical (unpaired) electrons. The van der Waals surface area contributed by atoms with E-state index in [-0.39, 0.29) is 22.8 Å². The Labute approximate surface area is 191 Å². The number of hydrogen-bond acceptors (Lipinski definition) is 5. The van der Waals surface area contributed by atoms with Crippen molar-refractivity contribution in [1.82, 2.24) is 5.32 Å². The van der Waals surface area contributed by atoms with Gasteiger partial charge in [-0.2, -0.15) is 0 Å². The van der Waals surface area contributed by atoms with E-state index >= 15 is 0 Å². The van der Waals surface area contributed by atoms with Gasteiger partial charge in [0.05, 0.1) is 5.56 Å². The predicted octanol–water partition coefficient (Wildman–Crippen LogP) is 3.77. The number of carbonyl (C=O) groups excluding carboxylic acids is 4. The van der Waals surface area contributed by atoms with Crippen molar-refractivity contribution in [3.05, 3.63) is 101 Å². The number of hydrogen-bond donors (Lipinski definition) is 2. The van der Waals surface area contributed by atoms with Crippen LogP contribution in [0.5, 0.6) is 0 Å². The highest BCUT2D eigenvalue weighted by molar-refractivity contribution is 6.14. The normalized spacial score (nSPS) is 10.2. The van der Waals surface area contributed by atoms with Crippen LogP contribution in [0, 0.1) is 6.92 Å². The van der Waals surface area contributed by atoms with Gasteiger partial charge in [-0.3, -0.25) is 14.4 Å². The Morgan fingerprint density at radius 3 is 2.21 bits per heavy atom. The van der Waals surface area contributed by atoms with Crippen LogP contribution in [0.15, 0.2) is 72.8 Å². The molecular formula is C26H24N2O5. The maximum absolute atomic E-state index is 12.9. The van der Waals surface area contributed by atoms with Gasteiger partial charge < -0.3 is 15.4 Å². The number of benzene rings is 3. The minimum Gasteiger partial charge on any atom is -0.452 e. The van der Waals surface area contributed by atoms with Crippen molar-refractivity contribution in [2.45, 2.75) is 13.8 Å². The highest BCUT2D eigenvalue weighted by Gasteiger charge is 2.20. The van der Waals surface area contributed by atoms with Gasteiger partial charge in [-0.15, -0.1) is 0 Å². The minimum atomic E-state index is -0.780. The molecule has 3 aromatic rings. The van der Waals surface area contributed by atoms with E-state index < -0.39 is 18.5 Å². The summed E-state index contributed by atoms with van der Waals surface area (Å²) in [5, 5.41) is 5.27. The van der Waals surface area contributed by atoms with E-state index in [4.69, 9.17) is 4.74 Å². The molecule has 0 unspecified atom stereocenters. The SMILES string of the molecule is CCNC(=O)c1cccc(NC(=O)COC(=O)c2ccccc2C(=O)c2ccc(C)cc2)c1. The number of amides is 2. The first-order valence-electron chi connectivity index (χ1n) is 10.4. The molecule has 168 valence electrons. The second-order valence-electron chi connectivity index (χ2n) is 7.31. The van der Waals surface area contributed by atoms with Crippen LogP contribution in [0.1, 0.15) is 49.1 Å². The van der Waals surface area contributed by atoms with Crippen LogP contribution in [0.3, 0.4) is 0 Å². The summed E-state index contributed by atoms with van der Waals surface area (Å²) in [7, 11) is 0. The third kappa shape index (κ3) is 6.13. The van der Waals surface area contributed by atoms with Gasteiger partial charge in [0.15, 0.2) is 12.4 Å². The monoisotopic (exact) mass is 444 g/mol. The number of aryl methyl sites for hydroxylation is 1. The third-order valence-corrected chi connectivity index (χ3v) is 4.79. The highest BCUT2D eigenvalue weighted by atomic mass is 16.5. The van der Waals surface area contributed by atoms with E-state index in [0.29, 0.717) is 23.4 Å². The number of ketones is 1. The summed E-state index contributed by atoms with van der Waals surface area (Å²) < 4.78 is 5.14. The summed E-state index contributed by atoms with van der Waals surface area (Å²) in [5.41, 5.74) is 2.54. The van der Waals surface area contributed by atoms with E-state index in [1.165, 1.54) is 12.1 Å². The van der Waals surface area contributed by atoms with Crippen LogP contribution in [0.25, 0.3) is 0 Å². The molecule has 0 aliphatic carbocycles. The largest absolute Gasteiger partial charge is 0.452 e. The molecule has 2 N–H and O–H groups in total. The fraction of sp³-hybridized carbons (Fsp3) is 0.154. The molecule has 0 spiro atoms. The van der Waals surface area contributed by atoms with Crippen LogP contribution in [0.4, 0.5) is 5.69 Å². The summed E-state index contributed by atoms with van der Waals surface area (Å²) in [5.74, 6) is -1.92. The molecular weight excluding hydrogens is 420 g/mol. The topological polar surface area (TPSA) is 102 Å². The lowest BCUT2D eigenvalue weighted by Crippen LogP contribution is -2.24. The number of esters is 1. The zero-order chi connectivity index (χ0) is 23.8. The van der Waals surface area contributed by atoms with Crippen molar-refractivity contribution in [3.8, 4) is 0 Å². The van der Waals surface area contributed by atoms with Crippen LogP contribution in [0.2, 0.25) is 0 Å². The minimum absolute atomic E-state index is 0.0779. The first kappa shape index (κ1) is 23.4. The first-order valence-corrected chi connectivity index (χ1v) is 10.4. The van der Waals surface area contributed by atoms with E-state index in [1.54, 1.807) is 48.5 Å². The molecule has 33 heavy (non-hydrogen) atoms. The van der Waals surface area contributed by atoms with Crippen molar-refractivity contribution in [3.63, 3.8) is 0 Å². The quantitative estimate of drug-likeness (QED) is 0.407. The standard InChI is InChI=1S/C26H24N2O5/c1-3-27-25(31)19-7-6-8-20(15-19)28-23(29)16-33-26(32)22-10-5-4-9-21(22)24(30)18-13-11-17(2)12-14-18/h4-15H,3,16H2,1-2H3,(H,27,31)(H,28,29). The summed E-state index contributed by atoms with van der Waals surface area (Å²) in [4.78, 5) is 49.7. The van der Waals surface area contributed by atoms with Gasteiger partial charge >= 0.3 is 5.97 Å². The van der Waals surface area contributed by atoms with Crippen molar-refractivity contribution in [2.75, 3.05) is 18.5 Å². The Hall–Kier alpha value is -4.26. The Morgan fingerprint density at radius 2 is 1.52 bits per heavy atom. The number of rotatable bonds is 8. The summed E-state index contributed by atoms with van der Waals surface area (Å²) in [6.07, 6.45) is 0. The predicted molar refractivity (Wildman–Crippen MR) is 124 cm³/mol. The zero-order valence-corrected chi connectivity index (χ0v) is 18.4. The Morgan fingerprint density at radius 1 is 0.818 bits per heavy atom. The molecule has 2 amide bonds. The molecule has 0 atom stereocenters. The van der Waals surface area contributed by atoms with E-state index in [1.807, 2.05) is 26.0 Å². The van der Waals surface area contributed by atoms with Crippen molar-refractivity contribution >= 4 is 29.3 Å². The van der Waals surface area contributed by atoms with Crippen LogP contribution < -0.4 is 10.6 Å². The molecule has 0 saturated carbocycles. The molecule has 3 rings (SSSR count). The van der Waals surface area contributed by atoms with Gasteiger partial charge in [-0.25, -0.2) is 4.79 Å². The van der Waals surface area contributed by atoms with E-state index in [2.05, 4.69) is 10.6 Å². The lowest BCUT2D eigenvalue weighted by atomic mass is 9.98. The Kier molecular flexibility index (Phi) is 7.70. The fourth-order valence-corrected chi connectivity index (χ4v) is 3.13. The molecule has 0 fully saturated rings. The van der Waals surface area contributed by atoms with Gasteiger partial charge in [0.25, 0.3) is 11.8 Å². The molecule has 3 aromatic carbocycles. The maximum atomic E-state index is 12.9.